The van der Waals surface area contributed by atoms with E-state index in [9.17, 15) is 17.8 Å². The summed E-state index contributed by atoms with van der Waals surface area (Å²) in [5, 5.41) is 0. The number of benzene rings is 2. The van der Waals surface area contributed by atoms with Gasteiger partial charge in [0.2, 0.25) is 11.3 Å². The standard InChI is InChI=1S/C21H24BF2NO5S/c1-12(25-31(27)28)15-10-17(22-29-20(2,3)21(4,5)30-22)16(11-18(15)24)19(26)13-6-8-14(23)9-7-13/h6-12,25H,1-5H3,(H,27,28). The number of hydrogen-bond acceptors (Lipinski definition) is 4. The van der Waals surface area contributed by atoms with Gasteiger partial charge in [0.05, 0.1) is 11.2 Å². The van der Waals surface area contributed by atoms with Gasteiger partial charge in [0, 0.05) is 22.7 Å². The summed E-state index contributed by atoms with van der Waals surface area (Å²) in [5.74, 6) is -1.76. The molecular weight excluding hydrogens is 427 g/mol. The van der Waals surface area contributed by atoms with Crippen LogP contribution in [0.5, 0.6) is 0 Å². The van der Waals surface area contributed by atoms with Crippen LogP contribution in [0.1, 0.15) is 62.1 Å². The lowest BCUT2D eigenvalue weighted by Gasteiger charge is -2.32. The van der Waals surface area contributed by atoms with Crippen LogP contribution in [0.2, 0.25) is 0 Å². The monoisotopic (exact) mass is 451 g/mol. The number of carbonyl (C=O) groups excluding carboxylic acids is 1. The van der Waals surface area contributed by atoms with Crippen LogP contribution in [0.25, 0.3) is 0 Å². The number of nitrogens with one attached hydrogen (secondary N) is 1. The lowest BCUT2D eigenvalue weighted by Crippen LogP contribution is -2.41. The lowest BCUT2D eigenvalue weighted by atomic mass is 9.73. The molecule has 0 aliphatic carbocycles. The van der Waals surface area contributed by atoms with E-state index in [0.717, 1.165) is 18.2 Å². The first-order valence-corrected chi connectivity index (χ1v) is 10.8. The predicted octanol–water partition coefficient (Wildman–Crippen LogP) is 3.28. The highest BCUT2D eigenvalue weighted by atomic mass is 32.2. The topological polar surface area (TPSA) is 84.9 Å². The second-order valence-corrected chi connectivity index (χ2v) is 9.21. The Morgan fingerprint density at radius 2 is 1.65 bits per heavy atom. The van der Waals surface area contributed by atoms with Gasteiger partial charge in [-0.15, -0.1) is 0 Å². The Morgan fingerprint density at radius 1 is 1.10 bits per heavy atom. The van der Waals surface area contributed by atoms with Crippen molar-refractivity contribution in [1.29, 1.82) is 0 Å². The molecule has 0 spiro atoms. The van der Waals surface area contributed by atoms with Gasteiger partial charge in [0.15, 0.2) is 5.78 Å². The largest absolute Gasteiger partial charge is 0.495 e. The fourth-order valence-corrected chi connectivity index (χ4v) is 3.70. The molecular formula is C21H24BF2NO5S. The smallest absolute Gasteiger partial charge is 0.399 e. The summed E-state index contributed by atoms with van der Waals surface area (Å²) in [5.41, 5.74) is -0.889. The summed E-state index contributed by atoms with van der Waals surface area (Å²) < 4.78 is 62.9. The van der Waals surface area contributed by atoms with E-state index in [1.54, 1.807) is 0 Å². The van der Waals surface area contributed by atoms with E-state index in [2.05, 4.69) is 4.72 Å². The van der Waals surface area contributed by atoms with Crippen molar-refractivity contribution < 1.29 is 31.6 Å². The minimum atomic E-state index is -2.37. The first kappa shape index (κ1) is 23.7. The van der Waals surface area contributed by atoms with Crippen LogP contribution in [-0.4, -0.2) is 32.9 Å². The summed E-state index contributed by atoms with van der Waals surface area (Å²) in [6.45, 7) is 8.90. The van der Waals surface area contributed by atoms with Gasteiger partial charge in [-0.1, -0.05) is 6.07 Å². The first-order chi connectivity index (χ1) is 14.3. The third-order valence-corrected chi connectivity index (χ3v) is 6.33. The molecule has 1 aliphatic rings. The van der Waals surface area contributed by atoms with Gasteiger partial charge in [-0.2, -0.15) is 0 Å². The number of hydrogen-bond donors (Lipinski definition) is 2. The SMILES string of the molecule is CC(NS(=O)O)c1cc(B2OC(C)(C)C(C)(C)O2)c(C(=O)c2ccc(F)cc2)cc1F. The second kappa shape index (κ2) is 8.52. The Bertz CT molecular complexity index is 1010. The van der Waals surface area contributed by atoms with E-state index in [-0.39, 0.29) is 22.2 Å². The molecule has 10 heteroatoms. The Hall–Kier alpha value is -1.98. The molecule has 2 aromatic carbocycles. The summed E-state index contributed by atoms with van der Waals surface area (Å²) >= 11 is -2.37. The van der Waals surface area contributed by atoms with Crippen molar-refractivity contribution in [1.82, 2.24) is 4.72 Å². The van der Waals surface area contributed by atoms with Crippen molar-refractivity contribution in [2.75, 3.05) is 0 Å². The average molecular weight is 451 g/mol. The number of carbonyl (C=O) groups is 1. The van der Waals surface area contributed by atoms with Crippen LogP contribution in [-0.2, 0) is 20.6 Å². The molecule has 0 saturated carbocycles. The quantitative estimate of drug-likeness (QED) is 0.400. The molecule has 2 atom stereocenters. The highest BCUT2D eigenvalue weighted by Gasteiger charge is 2.52. The van der Waals surface area contributed by atoms with Crippen LogP contribution in [0.15, 0.2) is 36.4 Å². The minimum absolute atomic E-state index is 0.00341. The lowest BCUT2D eigenvalue weighted by molar-refractivity contribution is 0.00578. The highest BCUT2D eigenvalue weighted by molar-refractivity contribution is 7.77. The molecule has 6 nitrogen and oxygen atoms in total. The molecule has 0 radical (unpaired) electrons. The van der Waals surface area contributed by atoms with Crippen molar-refractivity contribution in [2.45, 2.75) is 51.9 Å². The zero-order valence-electron chi connectivity index (χ0n) is 17.9. The second-order valence-electron chi connectivity index (χ2n) is 8.47. The van der Waals surface area contributed by atoms with Crippen molar-refractivity contribution in [3.8, 4) is 0 Å². The summed E-state index contributed by atoms with van der Waals surface area (Å²) in [7, 11) is -0.976. The van der Waals surface area contributed by atoms with Gasteiger partial charge in [0.1, 0.15) is 11.6 Å². The first-order valence-electron chi connectivity index (χ1n) is 9.68. The van der Waals surface area contributed by atoms with E-state index < -0.39 is 53.0 Å². The normalized spacial score (nSPS) is 19.3. The Balaban J connectivity index is 2.13. The molecule has 0 amide bonds. The Labute approximate surface area is 182 Å². The minimum Gasteiger partial charge on any atom is -0.399 e. The molecule has 1 heterocycles. The van der Waals surface area contributed by atoms with Gasteiger partial charge in [-0.05, 0) is 70.4 Å². The zero-order chi connectivity index (χ0) is 23.1. The van der Waals surface area contributed by atoms with Crippen molar-refractivity contribution in [3.05, 3.63) is 64.7 Å². The molecule has 31 heavy (non-hydrogen) atoms. The summed E-state index contributed by atoms with van der Waals surface area (Å²) in [4.78, 5) is 13.2. The van der Waals surface area contributed by atoms with E-state index in [4.69, 9.17) is 13.9 Å². The van der Waals surface area contributed by atoms with Gasteiger partial charge in [-0.3, -0.25) is 9.35 Å². The zero-order valence-corrected chi connectivity index (χ0v) is 18.7. The molecule has 1 saturated heterocycles. The van der Waals surface area contributed by atoms with Crippen LogP contribution in [0.3, 0.4) is 0 Å². The summed E-state index contributed by atoms with van der Waals surface area (Å²) in [6, 6.07) is 6.55. The maximum atomic E-state index is 14.9. The number of halogens is 2. The average Bonchev–Trinajstić information content (AvgIpc) is 2.88. The molecule has 1 fully saturated rings. The van der Waals surface area contributed by atoms with Crippen LogP contribution >= 0.6 is 0 Å². The number of ketones is 1. The molecule has 3 rings (SSSR count). The van der Waals surface area contributed by atoms with Crippen molar-refractivity contribution in [2.24, 2.45) is 0 Å². The molecule has 0 aromatic heterocycles. The Kier molecular flexibility index (Phi) is 6.51. The van der Waals surface area contributed by atoms with Crippen LogP contribution in [0, 0.1) is 11.6 Å². The van der Waals surface area contributed by atoms with E-state index in [0.29, 0.717) is 0 Å². The van der Waals surface area contributed by atoms with Crippen molar-refractivity contribution in [3.63, 3.8) is 0 Å². The molecule has 1 aliphatic heterocycles. The molecule has 2 aromatic rings. The van der Waals surface area contributed by atoms with Crippen molar-refractivity contribution >= 4 is 29.6 Å². The molecule has 166 valence electrons. The third kappa shape index (κ3) is 4.78. The fraction of sp³-hybridized carbons (Fsp3) is 0.381. The van der Waals surface area contributed by atoms with E-state index in [1.807, 2.05) is 27.7 Å². The third-order valence-electron chi connectivity index (χ3n) is 5.77. The van der Waals surface area contributed by atoms with E-state index >= 15 is 0 Å². The highest BCUT2D eigenvalue weighted by Crippen LogP contribution is 2.37. The van der Waals surface area contributed by atoms with Crippen LogP contribution in [0.4, 0.5) is 8.78 Å². The van der Waals surface area contributed by atoms with Gasteiger partial charge >= 0.3 is 7.12 Å². The maximum absolute atomic E-state index is 14.9. The van der Waals surface area contributed by atoms with Gasteiger partial charge in [-0.25, -0.2) is 17.7 Å². The molecule has 2 unspecified atom stereocenters. The van der Waals surface area contributed by atoms with Gasteiger partial charge < -0.3 is 9.31 Å². The Morgan fingerprint density at radius 3 is 2.16 bits per heavy atom. The maximum Gasteiger partial charge on any atom is 0.495 e. The molecule has 2 N–H and O–H groups in total. The number of rotatable bonds is 6. The van der Waals surface area contributed by atoms with Gasteiger partial charge in [0.25, 0.3) is 0 Å². The van der Waals surface area contributed by atoms with Crippen LogP contribution < -0.4 is 10.2 Å². The van der Waals surface area contributed by atoms with E-state index in [1.165, 1.54) is 25.1 Å². The molecule has 0 bridgehead atoms. The predicted molar refractivity (Wildman–Crippen MR) is 114 cm³/mol. The fourth-order valence-electron chi connectivity index (χ4n) is 3.27. The summed E-state index contributed by atoms with van der Waals surface area (Å²) in [6.07, 6.45) is 0.